The number of hydrogen-bond donors (Lipinski definition) is 5. The number of hydrogen-bond acceptors (Lipinski definition) is 8. The highest BCUT2D eigenvalue weighted by Crippen LogP contribution is 2.56. The van der Waals surface area contributed by atoms with Crippen molar-refractivity contribution in [3.05, 3.63) is 11.6 Å². The zero-order valence-electron chi connectivity index (χ0n) is 17.3. The molecule has 1 aliphatic heterocycles. The summed E-state index contributed by atoms with van der Waals surface area (Å²) >= 11 is 0. The van der Waals surface area contributed by atoms with Crippen molar-refractivity contribution in [3.8, 4) is 0 Å². The van der Waals surface area contributed by atoms with Gasteiger partial charge in [0.05, 0.1) is 18.8 Å². The molecule has 1 heterocycles. The first-order valence-corrected chi connectivity index (χ1v) is 10.4. The minimum Gasteiger partial charge on any atom is -0.394 e. The summed E-state index contributed by atoms with van der Waals surface area (Å²) in [5.41, 5.74) is -0.218. The van der Waals surface area contributed by atoms with E-state index in [1.807, 2.05) is 6.92 Å². The quantitative estimate of drug-likeness (QED) is 0.421. The van der Waals surface area contributed by atoms with Gasteiger partial charge in [0.25, 0.3) is 0 Å². The number of rotatable bonds is 5. The summed E-state index contributed by atoms with van der Waals surface area (Å²) < 4.78 is 11.0. The standard InChI is InChI=1S/C21H34O8/c1-11-6-14(23)7-12(2)21(11)5-4-13(8-21)20(3,27)10-28-19-18(26)17(25)16(24)15(9-22)29-19/h6,12-13,15-19,22,24-27H,4-5,7-10H2,1-3H3/t12-,13-,15-,16-,17+,18-,19-,20-,21-/m1/s1. The fourth-order valence-electron chi connectivity index (χ4n) is 5.32. The zero-order valence-corrected chi connectivity index (χ0v) is 17.3. The molecule has 5 N–H and O–H groups in total. The number of carbonyl (C=O) groups is 1. The molecule has 1 spiro atoms. The lowest BCUT2D eigenvalue weighted by Crippen LogP contribution is -2.59. The smallest absolute Gasteiger partial charge is 0.186 e. The second-order valence-corrected chi connectivity index (χ2v) is 9.36. The van der Waals surface area contributed by atoms with E-state index >= 15 is 0 Å². The van der Waals surface area contributed by atoms with Gasteiger partial charge < -0.3 is 35.0 Å². The van der Waals surface area contributed by atoms with Crippen LogP contribution in [0, 0.1) is 17.3 Å². The van der Waals surface area contributed by atoms with Crippen LogP contribution in [-0.2, 0) is 14.3 Å². The summed E-state index contributed by atoms with van der Waals surface area (Å²) in [6.07, 6.45) is -2.09. The molecule has 29 heavy (non-hydrogen) atoms. The average Bonchev–Trinajstić information content (AvgIpc) is 3.12. The number of aliphatic hydroxyl groups excluding tert-OH is 4. The Labute approximate surface area is 171 Å². The van der Waals surface area contributed by atoms with Crippen molar-refractivity contribution in [2.24, 2.45) is 17.3 Å². The highest BCUT2D eigenvalue weighted by atomic mass is 16.7. The van der Waals surface area contributed by atoms with Crippen LogP contribution in [0.4, 0.5) is 0 Å². The minimum atomic E-state index is -1.51. The van der Waals surface area contributed by atoms with Gasteiger partial charge in [0, 0.05) is 6.42 Å². The molecule has 0 bridgehead atoms. The van der Waals surface area contributed by atoms with Gasteiger partial charge in [-0.25, -0.2) is 0 Å². The molecule has 8 nitrogen and oxygen atoms in total. The number of ketones is 1. The Morgan fingerprint density at radius 2 is 1.97 bits per heavy atom. The van der Waals surface area contributed by atoms with Crippen molar-refractivity contribution >= 4 is 5.78 Å². The topological polar surface area (TPSA) is 137 Å². The molecule has 0 aromatic rings. The molecule has 2 aliphatic carbocycles. The predicted molar refractivity (Wildman–Crippen MR) is 103 cm³/mol. The van der Waals surface area contributed by atoms with Crippen molar-refractivity contribution in [3.63, 3.8) is 0 Å². The summed E-state index contributed by atoms with van der Waals surface area (Å²) in [5.74, 6) is 0.306. The van der Waals surface area contributed by atoms with Crippen molar-refractivity contribution in [2.45, 2.75) is 82.8 Å². The van der Waals surface area contributed by atoms with Crippen LogP contribution in [0.25, 0.3) is 0 Å². The number of allylic oxidation sites excluding steroid dienone is 2. The van der Waals surface area contributed by atoms with Crippen LogP contribution >= 0.6 is 0 Å². The maximum atomic E-state index is 11.9. The van der Waals surface area contributed by atoms with Gasteiger partial charge in [-0.15, -0.1) is 0 Å². The van der Waals surface area contributed by atoms with Crippen LogP contribution in [-0.4, -0.2) is 80.8 Å². The van der Waals surface area contributed by atoms with Crippen molar-refractivity contribution in [1.82, 2.24) is 0 Å². The van der Waals surface area contributed by atoms with Crippen LogP contribution < -0.4 is 0 Å². The van der Waals surface area contributed by atoms with E-state index in [9.17, 15) is 30.3 Å². The fourth-order valence-corrected chi connectivity index (χ4v) is 5.32. The first-order valence-electron chi connectivity index (χ1n) is 10.4. The lowest BCUT2D eigenvalue weighted by molar-refractivity contribution is -0.309. The van der Waals surface area contributed by atoms with Gasteiger partial charge in [0.2, 0.25) is 0 Å². The molecule has 8 heteroatoms. The van der Waals surface area contributed by atoms with E-state index in [1.54, 1.807) is 13.0 Å². The molecule has 0 aromatic heterocycles. The SMILES string of the molecule is CC1=CC(=O)C[C@@H](C)[C@@]12CC[C@@H]([C@](C)(O)CO[C@@H]1O[C@H](CO)[C@@H](O)[C@H](O)[C@H]1O)C2. The molecule has 1 saturated carbocycles. The van der Waals surface area contributed by atoms with Crippen LogP contribution in [0.15, 0.2) is 11.6 Å². The highest BCUT2D eigenvalue weighted by molar-refractivity contribution is 5.91. The van der Waals surface area contributed by atoms with Gasteiger partial charge >= 0.3 is 0 Å². The lowest BCUT2D eigenvalue weighted by Gasteiger charge is -2.42. The lowest BCUT2D eigenvalue weighted by atomic mass is 9.64. The second kappa shape index (κ2) is 8.34. The fraction of sp³-hybridized carbons (Fsp3) is 0.857. The largest absolute Gasteiger partial charge is 0.394 e. The molecule has 3 rings (SSSR count). The van der Waals surface area contributed by atoms with Gasteiger partial charge in [0.15, 0.2) is 12.1 Å². The third-order valence-electron chi connectivity index (χ3n) is 7.43. The normalized spacial score (nSPS) is 45.3. The van der Waals surface area contributed by atoms with E-state index in [4.69, 9.17) is 9.47 Å². The molecule has 0 aromatic carbocycles. The first-order chi connectivity index (χ1) is 13.5. The Kier molecular flexibility index (Phi) is 6.56. The first kappa shape index (κ1) is 22.8. The van der Waals surface area contributed by atoms with E-state index < -0.39 is 42.9 Å². The third kappa shape index (κ3) is 4.17. The highest BCUT2D eigenvalue weighted by Gasteiger charge is 2.51. The number of ether oxygens (including phenoxy) is 2. The number of carbonyl (C=O) groups excluding carboxylic acids is 1. The Hall–Kier alpha value is -0.870. The van der Waals surface area contributed by atoms with Gasteiger partial charge in [-0.3, -0.25) is 4.79 Å². The van der Waals surface area contributed by atoms with Crippen molar-refractivity contribution in [2.75, 3.05) is 13.2 Å². The Morgan fingerprint density at radius 1 is 1.28 bits per heavy atom. The maximum absolute atomic E-state index is 11.9. The van der Waals surface area contributed by atoms with Crippen molar-refractivity contribution < 1.29 is 39.8 Å². The van der Waals surface area contributed by atoms with E-state index in [1.165, 1.54) is 0 Å². The minimum absolute atomic E-state index is 0.0635. The van der Waals surface area contributed by atoms with Gasteiger partial charge in [-0.2, -0.15) is 0 Å². The Morgan fingerprint density at radius 3 is 2.59 bits per heavy atom. The summed E-state index contributed by atoms with van der Waals surface area (Å²) in [6, 6.07) is 0. The maximum Gasteiger partial charge on any atom is 0.186 e. The molecule has 0 unspecified atom stereocenters. The van der Waals surface area contributed by atoms with Crippen molar-refractivity contribution in [1.29, 1.82) is 0 Å². The second-order valence-electron chi connectivity index (χ2n) is 9.36. The molecule has 2 fully saturated rings. The predicted octanol–water partition coefficient (Wildman–Crippen LogP) is -0.104. The molecule has 166 valence electrons. The average molecular weight is 414 g/mol. The number of aliphatic hydroxyl groups is 5. The molecular weight excluding hydrogens is 380 g/mol. The van der Waals surface area contributed by atoms with Crippen LogP contribution in [0.2, 0.25) is 0 Å². The molecule has 9 atom stereocenters. The molecule has 0 amide bonds. The molecular formula is C21H34O8. The van der Waals surface area contributed by atoms with E-state index in [2.05, 4.69) is 6.92 Å². The molecule has 0 radical (unpaired) electrons. The van der Waals surface area contributed by atoms with E-state index in [0.717, 1.165) is 24.8 Å². The molecule has 1 saturated heterocycles. The van der Waals surface area contributed by atoms with Crippen LogP contribution in [0.5, 0.6) is 0 Å². The Bertz CT molecular complexity index is 645. The monoisotopic (exact) mass is 414 g/mol. The summed E-state index contributed by atoms with van der Waals surface area (Å²) in [4.78, 5) is 11.9. The summed E-state index contributed by atoms with van der Waals surface area (Å²) in [5, 5.41) is 50.2. The zero-order chi connectivity index (χ0) is 21.6. The van der Waals surface area contributed by atoms with E-state index in [-0.39, 0.29) is 29.6 Å². The van der Waals surface area contributed by atoms with Gasteiger partial charge in [0.1, 0.15) is 24.4 Å². The Balaban J connectivity index is 1.65. The van der Waals surface area contributed by atoms with Crippen LogP contribution in [0.3, 0.4) is 0 Å². The van der Waals surface area contributed by atoms with E-state index in [0.29, 0.717) is 6.42 Å². The summed E-state index contributed by atoms with van der Waals surface area (Å²) in [6.45, 7) is 5.10. The molecule has 3 aliphatic rings. The van der Waals surface area contributed by atoms with Gasteiger partial charge in [-0.1, -0.05) is 12.5 Å². The summed E-state index contributed by atoms with van der Waals surface area (Å²) in [7, 11) is 0. The third-order valence-corrected chi connectivity index (χ3v) is 7.43. The van der Waals surface area contributed by atoms with Gasteiger partial charge in [-0.05, 0) is 56.4 Å². The van der Waals surface area contributed by atoms with Crippen LogP contribution in [0.1, 0.15) is 46.5 Å².